The van der Waals surface area contributed by atoms with Crippen LogP contribution in [0.1, 0.15) is 45.2 Å². The van der Waals surface area contributed by atoms with Gasteiger partial charge in [0.1, 0.15) is 0 Å². The molecule has 1 heterocycles. The number of amides is 1. The van der Waals surface area contributed by atoms with Gasteiger partial charge in [0.25, 0.3) is 0 Å². The van der Waals surface area contributed by atoms with Gasteiger partial charge in [0.05, 0.1) is 11.8 Å². The summed E-state index contributed by atoms with van der Waals surface area (Å²) in [4.78, 5) is 12.4. The van der Waals surface area contributed by atoms with Crippen molar-refractivity contribution in [3.63, 3.8) is 0 Å². The molecule has 0 saturated heterocycles. The van der Waals surface area contributed by atoms with Gasteiger partial charge in [-0.25, -0.2) is 0 Å². The summed E-state index contributed by atoms with van der Waals surface area (Å²) in [6.07, 6.45) is 0.683. The summed E-state index contributed by atoms with van der Waals surface area (Å²) < 4.78 is 29.2. The molecule has 0 aliphatic carbocycles. The van der Waals surface area contributed by atoms with Gasteiger partial charge in [0.2, 0.25) is 5.91 Å². The molecule has 6 nitrogen and oxygen atoms in total. The first-order chi connectivity index (χ1) is 13.7. The lowest BCUT2D eigenvalue weighted by atomic mass is 10.0. The molecule has 0 radical (unpaired) electrons. The van der Waals surface area contributed by atoms with Crippen LogP contribution in [0.3, 0.4) is 0 Å². The van der Waals surface area contributed by atoms with Crippen LogP contribution in [0.4, 0.5) is 0 Å². The van der Waals surface area contributed by atoms with E-state index in [0.29, 0.717) is 17.8 Å². The normalized spacial score (nSPS) is 16.6. The molecule has 0 fully saturated rings. The zero-order valence-corrected chi connectivity index (χ0v) is 17.6. The van der Waals surface area contributed by atoms with E-state index in [1.54, 1.807) is 13.8 Å². The maximum atomic E-state index is 12.4. The van der Waals surface area contributed by atoms with E-state index in [-0.39, 0.29) is 18.4 Å². The number of hydrogen-bond donors (Lipinski definition) is 2. The Morgan fingerprint density at radius 1 is 1.03 bits per heavy atom. The van der Waals surface area contributed by atoms with Gasteiger partial charge in [-0.3, -0.25) is 9.52 Å². The molecule has 29 heavy (non-hydrogen) atoms. The Morgan fingerprint density at radius 2 is 1.66 bits per heavy atom. The molecule has 152 valence electrons. The Balaban J connectivity index is 1.58. The molecule has 1 amide bonds. The molecular formula is C22H25N3O3S. The van der Waals surface area contributed by atoms with Crippen LogP contribution in [0.15, 0.2) is 70.3 Å². The molecule has 1 aliphatic rings. The molecule has 0 aromatic heterocycles. The fourth-order valence-corrected chi connectivity index (χ4v) is 4.41. The molecule has 2 aromatic carbocycles. The molecule has 1 aliphatic heterocycles. The van der Waals surface area contributed by atoms with Crippen LogP contribution in [0.2, 0.25) is 0 Å². The third-order valence-corrected chi connectivity index (χ3v) is 6.00. The van der Waals surface area contributed by atoms with E-state index in [4.69, 9.17) is 0 Å². The van der Waals surface area contributed by atoms with Gasteiger partial charge in [0.15, 0.2) is 0 Å². The Labute approximate surface area is 171 Å². The minimum Gasteiger partial charge on any atom is -0.350 e. The Hall–Kier alpha value is -2.93. The molecule has 3 rings (SSSR count). The second-order valence-corrected chi connectivity index (χ2v) is 8.47. The third-order valence-electron chi connectivity index (χ3n) is 4.93. The summed E-state index contributed by atoms with van der Waals surface area (Å²) >= 11 is 0. The fraction of sp³-hybridized carbons (Fsp3) is 0.273. The van der Waals surface area contributed by atoms with Crippen LogP contribution in [0.5, 0.6) is 0 Å². The van der Waals surface area contributed by atoms with Crippen molar-refractivity contribution in [1.82, 2.24) is 10.0 Å². The van der Waals surface area contributed by atoms with Crippen LogP contribution in [0.25, 0.3) is 11.1 Å². The van der Waals surface area contributed by atoms with Gasteiger partial charge >= 0.3 is 10.2 Å². The molecular weight excluding hydrogens is 386 g/mol. The monoisotopic (exact) mass is 411 g/mol. The molecule has 0 saturated carbocycles. The highest BCUT2D eigenvalue weighted by atomic mass is 32.2. The summed E-state index contributed by atoms with van der Waals surface area (Å²) in [6, 6.07) is 18.1. The highest BCUT2D eigenvalue weighted by Crippen LogP contribution is 2.22. The fourth-order valence-electron chi connectivity index (χ4n) is 3.38. The van der Waals surface area contributed by atoms with Crippen LogP contribution in [0, 0.1) is 0 Å². The molecule has 2 N–H and O–H groups in total. The van der Waals surface area contributed by atoms with E-state index in [9.17, 15) is 13.2 Å². The molecule has 0 unspecified atom stereocenters. The van der Waals surface area contributed by atoms with Crippen LogP contribution < -0.4 is 10.0 Å². The van der Waals surface area contributed by atoms with Gasteiger partial charge in [-0.15, -0.1) is 4.40 Å². The molecule has 7 heteroatoms. The van der Waals surface area contributed by atoms with E-state index in [2.05, 4.69) is 38.7 Å². The van der Waals surface area contributed by atoms with E-state index in [0.717, 1.165) is 22.3 Å². The summed E-state index contributed by atoms with van der Waals surface area (Å²) in [5.74, 6) is -0.0915. The Bertz CT molecular complexity index is 1060. The van der Waals surface area contributed by atoms with E-state index in [1.807, 2.05) is 37.3 Å². The number of carbonyl (C=O) groups is 1. The van der Waals surface area contributed by atoms with Crippen molar-refractivity contribution < 1.29 is 13.2 Å². The van der Waals surface area contributed by atoms with Gasteiger partial charge in [-0.1, -0.05) is 54.6 Å². The summed E-state index contributed by atoms with van der Waals surface area (Å²) in [7, 11) is -3.65. The standard InChI is InChI=1S/C22H25N3O3S/c1-15(18-9-11-20(12-10-18)19-7-5-4-6-8-19)23-22(26)14-13-21-16(2)24-29(27,28)25-17(21)3/h4-12,15,24H,13-14H2,1-3H3,(H,23,26)/t15-/m1/s1. The number of hydrogen-bond acceptors (Lipinski definition) is 3. The lowest BCUT2D eigenvalue weighted by Gasteiger charge is -2.19. The highest BCUT2D eigenvalue weighted by Gasteiger charge is 2.21. The minimum atomic E-state index is -3.65. The summed E-state index contributed by atoms with van der Waals surface area (Å²) in [5, 5.41) is 3.00. The molecule has 1 atom stereocenters. The van der Waals surface area contributed by atoms with Crippen molar-refractivity contribution >= 4 is 21.8 Å². The number of carbonyl (C=O) groups excluding carboxylic acids is 1. The first kappa shape index (κ1) is 20.8. The van der Waals surface area contributed by atoms with Crippen molar-refractivity contribution in [2.75, 3.05) is 0 Å². The Morgan fingerprint density at radius 3 is 2.28 bits per heavy atom. The summed E-state index contributed by atoms with van der Waals surface area (Å²) in [5.41, 5.74) is 5.02. The van der Waals surface area contributed by atoms with E-state index >= 15 is 0 Å². The second-order valence-electron chi connectivity index (χ2n) is 7.13. The van der Waals surface area contributed by atoms with Gasteiger partial charge in [-0.2, -0.15) is 8.42 Å². The number of allylic oxidation sites excluding steroid dienone is 2. The lowest BCUT2D eigenvalue weighted by Crippen LogP contribution is -2.29. The average molecular weight is 412 g/mol. The van der Waals surface area contributed by atoms with E-state index < -0.39 is 10.2 Å². The van der Waals surface area contributed by atoms with Crippen molar-refractivity contribution in [2.45, 2.75) is 39.7 Å². The quantitative estimate of drug-likeness (QED) is 0.756. The molecule has 2 aromatic rings. The number of benzene rings is 2. The SMILES string of the molecule is CC1=NS(=O)(=O)NC(C)=C1CCC(=O)N[C@H](C)c1ccc(-c2ccccc2)cc1. The second kappa shape index (κ2) is 8.61. The van der Waals surface area contributed by atoms with Gasteiger partial charge < -0.3 is 5.32 Å². The average Bonchev–Trinajstić information content (AvgIpc) is 2.67. The predicted molar refractivity (Wildman–Crippen MR) is 116 cm³/mol. The zero-order chi connectivity index (χ0) is 21.0. The topological polar surface area (TPSA) is 87.6 Å². The molecule has 0 spiro atoms. The lowest BCUT2D eigenvalue weighted by molar-refractivity contribution is -0.121. The predicted octanol–water partition coefficient (Wildman–Crippen LogP) is 3.89. The third kappa shape index (κ3) is 5.32. The van der Waals surface area contributed by atoms with Gasteiger partial charge in [-0.05, 0) is 49.5 Å². The van der Waals surface area contributed by atoms with E-state index in [1.165, 1.54) is 0 Å². The zero-order valence-electron chi connectivity index (χ0n) is 16.8. The largest absolute Gasteiger partial charge is 0.350 e. The maximum Gasteiger partial charge on any atom is 0.342 e. The number of nitrogens with one attached hydrogen (secondary N) is 2. The number of nitrogens with zero attached hydrogens (tertiary/aromatic N) is 1. The maximum absolute atomic E-state index is 12.4. The molecule has 0 bridgehead atoms. The van der Waals surface area contributed by atoms with Crippen molar-refractivity contribution in [3.8, 4) is 11.1 Å². The minimum absolute atomic E-state index is 0.0915. The van der Waals surface area contributed by atoms with Gasteiger partial charge in [0, 0.05) is 12.1 Å². The van der Waals surface area contributed by atoms with Crippen molar-refractivity contribution in [1.29, 1.82) is 0 Å². The van der Waals surface area contributed by atoms with Crippen molar-refractivity contribution in [2.24, 2.45) is 4.40 Å². The van der Waals surface area contributed by atoms with Crippen molar-refractivity contribution in [3.05, 3.63) is 71.4 Å². The van der Waals surface area contributed by atoms with Crippen LogP contribution in [-0.2, 0) is 15.0 Å². The first-order valence-electron chi connectivity index (χ1n) is 9.49. The first-order valence-corrected chi connectivity index (χ1v) is 10.9. The highest BCUT2D eigenvalue weighted by molar-refractivity contribution is 7.88. The van der Waals surface area contributed by atoms with Crippen LogP contribution in [-0.4, -0.2) is 20.0 Å². The summed E-state index contributed by atoms with van der Waals surface area (Å²) in [6.45, 7) is 5.27. The smallest absolute Gasteiger partial charge is 0.342 e. The van der Waals surface area contributed by atoms with Crippen LogP contribution >= 0.6 is 0 Å². The number of rotatable bonds is 6. The Kier molecular flexibility index (Phi) is 6.17.